The first-order chi connectivity index (χ1) is 13.2. The van der Waals surface area contributed by atoms with Crippen LogP contribution in [0.25, 0.3) is 10.9 Å². The molecule has 2 aromatic rings. The molecule has 2 aliphatic rings. The molecule has 6 nitrogen and oxygen atoms in total. The lowest BCUT2D eigenvalue weighted by atomic mass is 10.1. The Morgan fingerprint density at radius 2 is 2.07 bits per heavy atom. The van der Waals surface area contributed by atoms with Crippen LogP contribution in [0.5, 0.6) is 0 Å². The zero-order chi connectivity index (χ0) is 18.6. The van der Waals surface area contributed by atoms with E-state index in [4.69, 9.17) is 16.3 Å². The third kappa shape index (κ3) is 4.41. The van der Waals surface area contributed by atoms with Crippen molar-refractivity contribution in [2.45, 2.75) is 19.0 Å². The lowest BCUT2D eigenvalue weighted by Gasteiger charge is -2.28. The minimum absolute atomic E-state index is 0.177. The molecule has 0 aliphatic carbocycles. The van der Waals surface area contributed by atoms with Crippen LogP contribution in [0, 0.1) is 0 Å². The number of likely N-dealkylation sites (tertiary alicyclic amines) is 1. The molecule has 4 rings (SSSR count). The molecule has 0 spiro atoms. The number of aromatic nitrogens is 1. The number of carbonyl (C=O) groups is 1. The van der Waals surface area contributed by atoms with Gasteiger partial charge in [0, 0.05) is 68.3 Å². The Bertz CT molecular complexity index is 810. The Kier molecular flexibility index (Phi) is 5.88. The summed E-state index contributed by atoms with van der Waals surface area (Å²) in [6, 6.07) is 7.99. The van der Waals surface area contributed by atoms with Crippen molar-refractivity contribution in [1.29, 1.82) is 0 Å². The number of hydrogen-bond acceptors (Lipinski definition) is 5. The number of halogens is 1. The van der Waals surface area contributed by atoms with E-state index < -0.39 is 0 Å². The average Bonchev–Trinajstić information content (AvgIpc) is 3.06. The average molecular weight is 389 g/mol. The van der Waals surface area contributed by atoms with Gasteiger partial charge < -0.3 is 15.0 Å². The van der Waals surface area contributed by atoms with Crippen LogP contribution < -0.4 is 5.32 Å². The van der Waals surface area contributed by atoms with Crippen LogP contribution in [0.2, 0.25) is 5.02 Å². The van der Waals surface area contributed by atoms with Crippen LogP contribution in [-0.2, 0) is 16.1 Å². The van der Waals surface area contributed by atoms with E-state index in [1.807, 2.05) is 29.2 Å². The van der Waals surface area contributed by atoms with Gasteiger partial charge in [-0.05, 0) is 23.8 Å². The fraction of sp³-hybridized carbons (Fsp3) is 0.500. The molecule has 0 saturated carbocycles. The van der Waals surface area contributed by atoms with Gasteiger partial charge in [0.2, 0.25) is 5.91 Å². The summed E-state index contributed by atoms with van der Waals surface area (Å²) in [7, 11) is 0. The lowest BCUT2D eigenvalue weighted by molar-refractivity contribution is -0.128. The standard InChI is InChI=1S/C20H25ClN4O2/c21-18-4-3-15(20-17(18)2-1-5-22-20)13-23-16-12-19(26)25(14-16)7-6-24-8-10-27-11-9-24/h1-5,16,23H,6-14H2. The Balaban J connectivity index is 1.32. The summed E-state index contributed by atoms with van der Waals surface area (Å²) in [4.78, 5) is 21.2. The van der Waals surface area contributed by atoms with Crippen molar-refractivity contribution in [3.05, 3.63) is 41.0 Å². The van der Waals surface area contributed by atoms with E-state index >= 15 is 0 Å². The van der Waals surface area contributed by atoms with Crippen molar-refractivity contribution in [3.63, 3.8) is 0 Å². The van der Waals surface area contributed by atoms with Crippen LogP contribution in [0.4, 0.5) is 0 Å². The number of nitrogens with one attached hydrogen (secondary N) is 1. The summed E-state index contributed by atoms with van der Waals surface area (Å²) in [6.45, 7) is 6.67. The van der Waals surface area contributed by atoms with Gasteiger partial charge in [0.1, 0.15) is 0 Å². The molecule has 0 bridgehead atoms. The number of hydrogen-bond donors (Lipinski definition) is 1. The minimum Gasteiger partial charge on any atom is -0.379 e. The second-order valence-corrected chi connectivity index (χ2v) is 7.59. The van der Waals surface area contributed by atoms with Crippen molar-refractivity contribution >= 4 is 28.4 Å². The molecule has 1 atom stereocenters. The van der Waals surface area contributed by atoms with Gasteiger partial charge in [0.05, 0.1) is 18.7 Å². The summed E-state index contributed by atoms with van der Waals surface area (Å²) in [5.74, 6) is 0.236. The van der Waals surface area contributed by atoms with Crippen molar-refractivity contribution in [2.75, 3.05) is 45.9 Å². The van der Waals surface area contributed by atoms with Gasteiger partial charge in [-0.2, -0.15) is 0 Å². The van der Waals surface area contributed by atoms with E-state index in [0.29, 0.717) is 18.0 Å². The number of fused-ring (bicyclic) bond motifs is 1. The Labute approximate surface area is 164 Å². The van der Waals surface area contributed by atoms with Crippen molar-refractivity contribution in [1.82, 2.24) is 20.1 Å². The highest BCUT2D eigenvalue weighted by Gasteiger charge is 2.29. The fourth-order valence-corrected chi connectivity index (χ4v) is 4.02. The zero-order valence-corrected chi connectivity index (χ0v) is 16.1. The van der Waals surface area contributed by atoms with Crippen LogP contribution in [0.15, 0.2) is 30.5 Å². The molecular formula is C20H25ClN4O2. The Morgan fingerprint density at radius 1 is 1.22 bits per heavy atom. The van der Waals surface area contributed by atoms with Crippen molar-refractivity contribution < 1.29 is 9.53 Å². The van der Waals surface area contributed by atoms with E-state index in [-0.39, 0.29) is 11.9 Å². The molecule has 1 amide bonds. The molecular weight excluding hydrogens is 364 g/mol. The van der Waals surface area contributed by atoms with Gasteiger partial charge in [0.15, 0.2) is 0 Å². The maximum absolute atomic E-state index is 12.3. The molecule has 1 N–H and O–H groups in total. The molecule has 0 radical (unpaired) electrons. The highest BCUT2D eigenvalue weighted by Crippen LogP contribution is 2.25. The molecule has 1 aromatic heterocycles. The first-order valence-electron chi connectivity index (χ1n) is 9.54. The number of ether oxygens (including phenoxy) is 1. The second-order valence-electron chi connectivity index (χ2n) is 7.18. The molecule has 3 heterocycles. The quantitative estimate of drug-likeness (QED) is 0.819. The highest BCUT2D eigenvalue weighted by molar-refractivity contribution is 6.35. The first kappa shape index (κ1) is 18.6. The first-order valence-corrected chi connectivity index (χ1v) is 9.92. The number of benzene rings is 1. The van der Waals surface area contributed by atoms with Crippen LogP contribution in [0.1, 0.15) is 12.0 Å². The number of morpholine rings is 1. The maximum Gasteiger partial charge on any atom is 0.224 e. The molecule has 1 aromatic carbocycles. The third-order valence-electron chi connectivity index (χ3n) is 5.39. The molecule has 144 valence electrons. The van der Waals surface area contributed by atoms with E-state index in [1.54, 1.807) is 6.20 Å². The van der Waals surface area contributed by atoms with Gasteiger partial charge in [-0.15, -0.1) is 0 Å². The van der Waals surface area contributed by atoms with Gasteiger partial charge in [-0.1, -0.05) is 17.7 Å². The van der Waals surface area contributed by atoms with Crippen LogP contribution in [-0.4, -0.2) is 72.7 Å². The number of rotatable bonds is 6. The molecule has 1 unspecified atom stereocenters. The fourth-order valence-electron chi connectivity index (χ4n) is 3.81. The summed E-state index contributed by atoms with van der Waals surface area (Å²) < 4.78 is 5.38. The molecule has 2 saturated heterocycles. The predicted molar refractivity (Wildman–Crippen MR) is 106 cm³/mol. The maximum atomic E-state index is 12.3. The number of amides is 1. The molecule has 27 heavy (non-hydrogen) atoms. The van der Waals surface area contributed by atoms with Gasteiger partial charge in [0.25, 0.3) is 0 Å². The monoisotopic (exact) mass is 388 g/mol. The molecule has 2 fully saturated rings. The summed E-state index contributed by atoms with van der Waals surface area (Å²) in [5, 5.41) is 5.21. The van der Waals surface area contributed by atoms with Gasteiger partial charge >= 0.3 is 0 Å². The van der Waals surface area contributed by atoms with E-state index in [0.717, 1.165) is 62.4 Å². The summed E-state index contributed by atoms with van der Waals surface area (Å²) in [5.41, 5.74) is 2.03. The molecule has 7 heteroatoms. The number of nitrogens with zero attached hydrogens (tertiary/aromatic N) is 3. The second kappa shape index (κ2) is 8.52. The summed E-state index contributed by atoms with van der Waals surface area (Å²) >= 11 is 6.27. The minimum atomic E-state index is 0.177. The van der Waals surface area contributed by atoms with Crippen LogP contribution >= 0.6 is 11.6 Å². The lowest BCUT2D eigenvalue weighted by Crippen LogP contribution is -2.42. The predicted octanol–water partition coefficient (Wildman–Crippen LogP) is 1.91. The largest absolute Gasteiger partial charge is 0.379 e. The number of carbonyl (C=O) groups excluding carboxylic acids is 1. The van der Waals surface area contributed by atoms with E-state index in [9.17, 15) is 4.79 Å². The zero-order valence-electron chi connectivity index (χ0n) is 15.4. The molecule has 2 aliphatic heterocycles. The van der Waals surface area contributed by atoms with E-state index in [2.05, 4.69) is 15.2 Å². The summed E-state index contributed by atoms with van der Waals surface area (Å²) in [6.07, 6.45) is 2.34. The smallest absolute Gasteiger partial charge is 0.224 e. The van der Waals surface area contributed by atoms with Crippen LogP contribution in [0.3, 0.4) is 0 Å². The van der Waals surface area contributed by atoms with Gasteiger partial charge in [-0.25, -0.2) is 0 Å². The van der Waals surface area contributed by atoms with Crippen molar-refractivity contribution in [3.8, 4) is 0 Å². The topological polar surface area (TPSA) is 57.7 Å². The number of pyridine rings is 1. The third-order valence-corrected chi connectivity index (χ3v) is 5.72. The SMILES string of the molecule is O=C1CC(NCc2ccc(Cl)c3cccnc23)CN1CCN1CCOCC1. The Hall–Kier alpha value is -1.73. The highest BCUT2D eigenvalue weighted by atomic mass is 35.5. The van der Waals surface area contributed by atoms with E-state index in [1.165, 1.54) is 0 Å². The Morgan fingerprint density at radius 3 is 2.93 bits per heavy atom. The normalized spacial score (nSPS) is 21.3. The van der Waals surface area contributed by atoms with Crippen molar-refractivity contribution in [2.24, 2.45) is 0 Å². The van der Waals surface area contributed by atoms with Gasteiger partial charge in [-0.3, -0.25) is 14.7 Å².